The zero-order valence-corrected chi connectivity index (χ0v) is 15.2. The van der Waals surface area contributed by atoms with Crippen molar-refractivity contribution in [1.29, 1.82) is 0 Å². The van der Waals surface area contributed by atoms with Gasteiger partial charge in [0, 0.05) is 37.4 Å². The van der Waals surface area contributed by atoms with Crippen LogP contribution in [0.15, 0.2) is 53.6 Å². The van der Waals surface area contributed by atoms with E-state index in [1.165, 1.54) is 6.07 Å². The lowest BCUT2D eigenvalue weighted by molar-refractivity contribution is 0.603. The van der Waals surface area contributed by atoms with E-state index in [0.717, 1.165) is 29.3 Å². The number of halogens is 2. The smallest absolute Gasteiger partial charge is 0.257 e. The van der Waals surface area contributed by atoms with E-state index in [0.29, 0.717) is 17.2 Å². The molecule has 0 radical (unpaired) electrons. The van der Waals surface area contributed by atoms with Gasteiger partial charge in [-0.05, 0) is 36.4 Å². The molecular formula is C20H17F2N5O. The zero-order chi connectivity index (χ0) is 19.8. The van der Waals surface area contributed by atoms with E-state index in [9.17, 15) is 13.6 Å². The molecule has 6 nitrogen and oxygen atoms in total. The molecule has 0 bridgehead atoms. The normalized spacial score (nSPS) is 11.0. The Labute approximate surface area is 158 Å². The summed E-state index contributed by atoms with van der Waals surface area (Å²) in [7, 11) is 3.55. The standard InChI is InChI=1S/C20H17F2N5O/c1-27(2)19-17(25-16-6-8-24-18-12(16)5-7-23-18)10-14(20(28)26-19)13-9-11(21)3-4-15(13)22/h3-10H,1-2H3,(H,26,28)(H2,23,24,25). The van der Waals surface area contributed by atoms with Crippen LogP contribution in [-0.2, 0) is 0 Å². The first-order valence-corrected chi connectivity index (χ1v) is 8.53. The summed E-state index contributed by atoms with van der Waals surface area (Å²) in [4.78, 5) is 24.3. The van der Waals surface area contributed by atoms with Gasteiger partial charge in [-0.1, -0.05) is 0 Å². The number of pyridine rings is 2. The molecule has 0 unspecified atom stereocenters. The number of H-pyrrole nitrogens is 2. The molecule has 0 aliphatic carbocycles. The third-order valence-electron chi connectivity index (χ3n) is 4.42. The third-order valence-corrected chi connectivity index (χ3v) is 4.42. The predicted molar refractivity (Wildman–Crippen MR) is 106 cm³/mol. The number of aromatic nitrogens is 3. The summed E-state index contributed by atoms with van der Waals surface area (Å²) < 4.78 is 27.9. The van der Waals surface area contributed by atoms with Gasteiger partial charge in [0.15, 0.2) is 0 Å². The number of fused-ring (bicyclic) bond motifs is 1. The molecule has 142 valence electrons. The zero-order valence-electron chi connectivity index (χ0n) is 15.2. The van der Waals surface area contributed by atoms with Gasteiger partial charge in [-0.25, -0.2) is 13.8 Å². The molecule has 3 N–H and O–H groups in total. The van der Waals surface area contributed by atoms with Crippen molar-refractivity contribution in [3.8, 4) is 11.1 Å². The van der Waals surface area contributed by atoms with Gasteiger partial charge in [0.25, 0.3) is 5.56 Å². The summed E-state index contributed by atoms with van der Waals surface area (Å²) >= 11 is 0. The Morgan fingerprint density at radius 1 is 1.04 bits per heavy atom. The fourth-order valence-corrected chi connectivity index (χ4v) is 3.09. The molecule has 0 amide bonds. The number of benzene rings is 1. The summed E-state index contributed by atoms with van der Waals surface area (Å²) in [5, 5.41) is 4.12. The molecule has 0 aliphatic rings. The highest BCUT2D eigenvalue weighted by molar-refractivity contribution is 5.92. The molecule has 4 aromatic rings. The van der Waals surface area contributed by atoms with Crippen LogP contribution in [0.2, 0.25) is 0 Å². The van der Waals surface area contributed by atoms with E-state index in [1.807, 2.05) is 6.07 Å². The molecule has 0 saturated heterocycles. The summed E-state index contributed by atoms with van der Waals surface area (Å²) in [5.41, 5.74) is 1.42. The van der Waals surface area contributed by atoms with Gasteiger partial charge in [0.05, 0.1) is 16.9 Å². The van der Waals surface area contributed by atoms with Crippen molar-refractivity contribution in [1.82, 2.24) is 15.0 Å². The first-order chi connectivity index (χ1) is 13.4. The number of hydrogen-bond donors (Lipinski definition) is 3. The summed E-state index contributed by atoms with van der Waals surface area (Å²) in [6.07, 6.45) is 3.42. The molecule has 0 fully saturated rings. The van der Waals surface area contributed by atoms with E-state index >= 15 is 0 Å². The van der Waals surface area contributed by atoms with E-state index in [-0.39, 0.29) is 11.1 Å². The van der Waals surface area contributed by atoms with Crippen molar-refractivity contribution >= 4 is 28.2 Å². The molecular weight excluding hydrogens is 364 g/mol. The summed E-state index contributed by atoms with van der Waals surface area (Å²) in [6.45, 7) is 0. The van der Waals surface area contributed by atoms with Crippen molar-refractivity contribution in [3.05, 3.63) is 70.8 Å². The molecule has 0 saturated carbocycles. The first kappa shape index (κ1) is 17.7. The van der Waals surface area contributed by atoms with Gasteiger partial charge < -0.3 is 20.2 Å². The maximum absolute atomic E-state index is 14.3. The predicted octanol–water partition coefficient (Wildman–Crippen LogP) is 4.01. The number of aromatic amines is 2. The van der Waals surface area contributed by atoms with E-state index in [2.05, 4.69) is 20.3 Å². The van der Waals surface area contributed by atoms with Crippen LogP contribution in [0.3, 0.4) is 0 Å². The highest BCUT2D eigenvalue weighted by Gasteiger charge is 2.16. The maximum atomic E-state index is 14.3. The first-order valence-electron chi connectivity index (χ1n) is 8.53. The molecule has 4 rings (SSSR count). The van der Waals surface area contributed by atoms with E-state index in [4.69, 9.17) is 0 Å². The van der Waals surface area contributed by atoms with Crippen LogP contribution < -0.4 is 15.8 Å². The Hall–Kier alpha value is -3.68. The fraction of sp³-hybridized carbons (Fsp3) is 0.100. The van der Waals surface area contributed by atoms with Gasteiger partial charge >= 0.3 is 0 Å². The van der Waals surface area contributed by atoms with Gasteiger partial charge in [-0.15, -0.1) is 0 Å². The highest BCUT2D eigenvalue weighted by atomic mass is 19.1. The number of nitrogens with zero attached hydrogens (tertiary/aromatic N) is 2. The van der Waals surface area contributed by atoms with Crippen LogP contribution in [-0.4, -0.2) is 29.0 Å². The van der Waals surface area contributed by atoms with Gasteiger partial charge in [0.1, 0.15) is 23.1 Å². The number of rotatable bonds is 4. The molecule has 1 aromatic carbocycles. The van der Waals surface area contributed by atoms with Crippen molar-refractivity contribution in [2.75, 3.05) is 24.3 Å². The second kappa shape index (κ2) is 6.80. The monoisotopic (exact) mass is 381 g/mol. The molecule has 0 aliphatic heterocycles. The lowest BCUT2D eigenvalue weighted by Gasteiger charge is -2.19. The highest BCUT2D eigenvalue weighted by Crippen LogP contribution is 2.32. The molecule has 3 heterocycles. The van der Waals surface area contributed by atoms with Crippen molar-refractivity contribution < 1.29 is 8.78 Å². The van der Waals surface area contributed by atoms with E-state index in [1.54, 1.807) is 37.5 Å². The van der Waals surface area contributed by atoms with Crippen LogP contribution in [0.5, 0.6) is 0 Å². The average molecular weight is 381 g/mol. The molecule has 8 heteroatoms. The van der Waals surface area contributed by atoms with Gasteiger partial charge in [-0.2, -0.15) is 0 Å². The fourth-order valence-electron chi connectivity index (χ4n) is 3.09. The largest absolute Gasteiger partial charge is 0.362 e. The van der Waals surface area contributed by atoms with Crippen LogP contribution in [0.25, 0.3) is 22.2 Å². The van der Waals surface area contributed by atoms with Crippen molar-refractivity contribution in [2.24, 2.45) is 0 Å². The molecule has 3 aromatic heterocycles. The van der Waals surface area contributed by atoms with Gasteiger partial charge in [-0.3, -0.25) is 4.79 Å². The Balaban J connectivity index is 1.89. The molecule has 0 atom stereocenters. The Bertz CT molecular complexity index is 1230. The Kier molecular flexibility index (Phi) is 4.31. The SMILES string of the molecule is CN(C)c1[nH]c(=O)c(-c2cc(F)ccc2F)cc1Nc1ccnc2[nH]ccc12. The van der Waals surface area contributed by atoms with Crippen LogP contribution >= 0.6 is 0 Å². The Morgan fingerprint density at radius 3 is 2.64 bits per heavy atom. The minimum atomic E-state index is -0.674. The number of nitrogens with one attached hydrogen (secondary N) is 3. The second-order valence-corrected chi connectivity index (χ2v) is 6.52. The van der Waals surface area contributed by atoms with Crippen LogP contribution in [0, 0.1) is 11.6 Å². The summed E-state index contributed by atoms with van der Waals surface area (Å²) in [6, 6.07) is 8.21. The second-order valence-electron chi connectivity index (χ2n) is 6.52. The topological polar surface area (TPSA) is 76.8 Å². The quantitative estimate of drug-likeness (QED) is 0.499. The Morgan fingerprint density at radius 2 is 1.86 bits per heavy atom. The average Bonchev–Trinajstić information content (AvgIpc) is 3.14. The lowest BCUT2D eigenvalue weighted by atomic mass is 10.1. The van der Waals surface area contributed by atoms with Crippen molar-refractivity contribution in [3.63, 3.8) is 0 Å². The summed E-state index contributed by atoms with van der Waals surface area (Å²) in [5.74, 6) is -0.788. The maximum Gasteiger partial charge on any atom is 0.257 e. The minimum Gasteiger partial charge on any atom is -0.362 e. The minimum absolute atomic E-state index is 0.0319. The number of anilines is 3. The number of hydrogen-bond acceptors (Lipinski definition) is 4. The van der Waals surface area contributed by atoms with Crippen molar-refractivity contribution in [2.45, 2.75) is 0 Å². The lowest BCUT2D eigenvalue weighted by Crippen LogP contribution is -2.20. The molecule has 28 heavy (non-hydrogen) atoms. The van der Waals surface area contributed by atoms with Crippen LogP contribution in [0.4, 0.5) is 26.0 Å². The third kappa shape index (κ3) is 3.09. The van der Waals surface area contributed by atoms with E-state index < -0.39 is 17.2 Å². The molecule has 0 spiro atoms. The van der Waals surface area contributed by atoms with Crippen LogP contribution in [0.1, 0.15) is 0 Å². The van der Waals surface area contributed by atoms with Gasteiger partial charge in [0.2, 0.25) is 0 Å².